The van der Waals surface area contributed by atoms with Gasteiger partial charge in [-0.05, 0) is 38.1 Å². The molecule has 0 unspecified atom stereocenters. The highest BCUT2D eigenvalue weighted by Crippen LogP contribution is 2.16. The lowest BCUT2D eigenvalue weighted by Gasteiger charge is -1.97. The van der Waals surface area contributed by atoms with Crippen LogP contribution in [-0.2, 0) is 7.05 Å². The molecule has 0 radical (unpaired) electrons. The summed E-state index contributed by atoms with van der Waals surface area (Å²) >= 11 is 0. The van der Waals surface area contributed by atoms with Crippen molar-refractivity contribution in [2.45, 2.75) is 13.8 Å². The Morgan fingerprint density at radius 2 is 2.11 bits per heavy atom. The first-order valence-corrected chi connectivity index (χ1v) is 6.00. The van der Waals surface area contributed by atoms with Gasteiger partial charge in [-0.15, -0.1) is 0 Å². The lowest BCUT2D eigenvalue weighted by atomic mass is 10.1. The van der Waals surface area contributed by atoms with E-state index in [1.54, 1.807) is 22.9 Å². The highest BCUT2D eigenvalue weighted by molar-refractivity contribution is 6.07. The van der Waals surface area contributed by atoms with E-state index in [1.807, 2.05) is 20.9 Å². The number of hydrogen-bond donors (Lipinski definition) is 1. The van der Waals surface area contributed by atoms with Crippen molar-refractivity contribution in [2.75, 3.05) is 0 Å². The van der Waals surface area contributed by atoms with Crippen LogP contribution in [0.1, 0.15) is 27.3 Å². The van der Waals surface area contributed by atoms with E-state index < -0.39 is 0 Å². The summed E-state index contributed by atoms with van der Waals surface area (Å²) in [5.74, 6) is -0.0495. The van der Waals surface area contributed by atoms with Gasteiger partial charge in [0.1, 0.15) is 5.75 Å². The number of rotatable bonds is 3. The second-order valence-electron chi connectivity index (χ2n) is 4.46. The van der Waals surface area contributed by atoms with Crippen LogP contribution < -0.4 is 0 Å². The van der Waals surface area contributed by atoms with E-state index in [4.69, 9.17) is 0 Å². The molecule has 0 amide bonds. The van der Waals surface area contributed by atoms with Crippen LogP contribution >= 0.6 is 0 Å². The van der Waals surface area contributed by atoms with Crippen LogP contribution in [-0.4, -0.2) is 20.7 Å². The van der Waals surface area contributed by atoms with Gasteiger partial charge in [0.15, 0.2) is 5.78 Å². The lowest BCUT2D eigenvalue weighted by molar-refractivity contribution is 0.104. The third kappa shape index (κ3) is 2.73. The van der Waals surface area contributed by atoms with Gasteiger partial charge in [-0.3, -0.25) is 9.48 Å². The standard InChI is InChI=1S/C15H16N2O2/c1-10-14(11(2)17(3)16-10)7-8-15(19)12-5-4-6-13(18)9-12/h4-9,18H,1-3H3. The summed E-state index contributed by atoms with van der Waals surface area (Å²) in [5.41, 5.74) is 3.32. The molecular formula is C15H16N2O2. The summed E-state index contributed by atoms with van der Waals surface area (Å²) in [6.07, 6.45) is 3.27. The minimum atomic E-state index is -0.140. The Bertz CT molecular complexity index is 654. The number of aromatic hydroxyl groups is 1. The molecule has 4 nitrogen and oxygen atoms in total. The van der Waals surface area contributed by atoms with E-state index >= 15 is 0 Å². The number of phenolic OH excluding ortho intramolecular Hbond substituents is 1. The summed E-state index contributed by atoms with van der Waals surface area (Å²) in [4.78, 5) is 12.0. The van der Waals surface area contributed by atoms with Crippen molar-refractivity contribution in [3.63, 3.8) is 0 Å². The van der Waals surface area contributed by atoms with Gasteiger partial charge >= 0.3 is 0 Å². The maximum atomic E-state index is 12.0. The molecule has 0 saturated carbocycles. The highest BCUT2D eigenvalue weighted by atomic mass is 16.3. The molecule has 0 saturated heterocycles. The number of hydrogen-bond acceptors (Lipinski definition) is 3. The molecular weight excluding hydrogens is 240 g/mol. The minimum Gasteiger partial charge on any atom is -0.508 e. The van der Waals surface area contributed by atoms with Crippen molar-refractivity contribution in [3.05, 3.63) is 52.9 Å². The van der Waals surface area contributed by atoms with E-state index in [0.717, 1.165) is 17.0 Å². The van der Waals surface area contributed by atoms with Crippen molar-refractivity contribution >= 4 is 11.9 Å². The largest absolute Gasteiger partial charge is 0.508 e. The summed E-state index contributed by atoms with van der Waals surface area (Å²) < 4.78 is 1.79. The summed E-state index contributed by atoms with van der Waals surface area (Å²) in [7, 11) is 1.87. The smallest absolute Gasteiger partial charge is 0.185 e. The number of aryl methyl sites for hydroxylation is 2. The van der Waals surface area contributed by atoms with E-state index in [-0.39, 0.29) is 11.5 Å². The Balaban J connectivity index is 2.26. The molecule has 1 aromatic heterocycles. The molecule has 0 aliphatic heterocycles. The second kappa shape index (κ2) is 5.10. The molecule has 19 heavy (non-hydrogen) atoms. The lowest BCUT2D eigenvalue weighted by Crippen LogP contribution is -1.94. The molecule has 0 bridgehead atoms. The van der Waals surface area contributed by atoms with E-state index in [9.17, 15) is 9.90 Å². The Morgan fingerprint density at radius 1 is 1.37 bits per heavy atom. The van der Waals surface area contributed by atoms with Gasteiger partial charge in [0.2, 0.25) is 0 Å². The van der Waals surface area contributed by atoms with Gasteiger partial charge in [0, 0.05) is 23.9 Å². The van der Waals surface area contributed by atoms with Crippen molar-refractivity contribution in [1.29, 1.82) is 0 Å². The quantitative estimate of drug-likeness (QED) is 0.678. The van der Waals surface area contributed by atoms with Gasteiger partial charge in [-0.25, -0.2) is 0 Å². The molecule has 0 spiro atoms. The second-order valence-corrected chi connectivity index (χ2v) is 4.46. The van der Waals surface area contributed by atoms with Gasteiger partial charge in [-0.2, -0.15) is 5.10 Å². The predicted molar refractivity (Wildman–Crippen MR) is 74.2 cm³/mol. The van der Waals surface area contributed by atoms with Gasteiger partial charge in [0.05, 0.1) is 5.69 Å². The summed E-state index contributed by atoms with van der Waals surface area (Å²) in [5, 5.41) is 13.6. The molecule has 0 fully saturated rings. The maximum Gasteiger partial charge on any atom is 0.185 e. The zero-order valence-electron chi connectivity index (χ0n) is 11.2. The molecule has 98 valence electrons. The zero-order valence-corrected chi connectivity index (χ0v) is 11.2. The van der Waals surface area contributed by atoms with E-state index in [1.165, 1.54) is 18.2 Å². The monoisotopic (exact) mass is 256 g/mol. The maximum absolute atomic E-state index is 12.0. The molecule has 0 atom stereocenters. The predicted octanol–water partition coefficient (Wildman–Crippen LogP) is 2.64. The number of nitrogens with zero attached hydrogens (tertiary/aromatic N) is 2. The fourth-order valence-corrected chi connectivity index (χ4v) is 1.95. The first-order valence-electron chi connectivity index (χ1n) is 6.00. The van der Waals surface area contributed by atoms with Crippen molar-refractivity contribution in [3.8, 4) is 5.75 Å². The van der Waals surface area contributed by atoms with Crippen LogP contribution in [0.3, 0.4) is 0 Å². The molecule has 1 N–H and O–H groups in total. The van der Waals surface area contributed by atoms with Crippen LogP contribution in [0, 0.1) is 13.8 Å². The average molecular weight is 256 g/mol. The number of allylic oxidation sites excluding steroid dienone is 1. The van der Waals surface area contributed by atoms with E-state index in [0.29, 0.717) is 5.56 Å². The minimum absolute atomic E-state index is 0.0907. The van der Waals surface area contributed by atoms with Gasteiger partial charge in [0.25, 0.3) is 0 Å². The average Bonchev–Trinajstić information content (AvgIpc) is 2.61. The van der Waals surface area contributed by atoms with Crippen LogP contribution in [0.25, 0.3) is 6.08 Å². The van der Waals surface area contributed by atoms with Crippen LogP contribution in [0.2, 0.25) is 0 Å². The fraction of sp³-hybridized carbons (Fsp3) is 0.200. The van der Waals surface area contributed by atoms with Crippen molar-refractivity contribution in [1.82, 2.24) is 9.78 Å². The number of benzene rings is 1. The normalized spacial score (nSPS) is 11.1. The number of carbonyl (C=O) groups is 1. The van der Waals surface area contributed by atoms with E-state index in [2.05, 4.69) is 5.10 Å². The summed E-state index contributed by atoms with van der Waals surface area (Å²) in [6, 6.07) is 6.32. The molecule has 4 heteroatoms. The third-order valence-electron chi connectivity index (χ3n) is 3.10. The number of ketones is 1. The molecule has 0 aliphatic rings. The highest BCUT2D eigenvalue weighted by Gasteiger charge is 2.07. The zero-order chi connectivity index (χ0) is 14.0. The Morgan fingerprint density at radius 3 is 2.68 bits per heavy atom. The molecule has 1 heterocycles. The first kappa shape index (κ1) is 13.1. The van der Waals surface area contributed by atoms with Gasteiger partial charge < -0.3 is 5.11 Å². The Hall–Kier alpha value is -2.36. The van der Waals surface area contributed by atoms with Crippen molar-refractivity contribution in [2.24, 2.45) is 7.05 Å². The first-order chi connectivity index (χ1) is 8.99. The van der Waals surface area contributed by atoms with Crippen LogP contribution in [0.5, 0.6) is 5.75 Å². The number of aromatic nitrogens is 2. The van der Waals surface area contributed by atoms with Crippen LogP contribution in [0.4, 0.5) is 0 Å². The molecule has 2 rings (SSSR count). The molecule has 0 aliphatic carbocycles. The van der Waals surface area contributed by atoms with Gasteiger partial charge in [-0.1, -0.05) is 12.1 Å². The molecule has 2 aromatic rings. The van der Waals surface area contributed by atoms with Crippen molar-refractivity contribution < 1.29 is 9.90 Å². The summed E-state index contributed by atoms with van der Waals surface area (Å²) in [6.45, 7) is 3.87. The Kier molecular flexibility index (Phi) is 3.51. The van der Waals surface area contributed by atoms with Crippen LogP contribution in [0.15, 0.2) is 30.3 Å². The topological polar surface area (TPSA) is 55.1 Å². The molecule has 1 aromatic carbocycles. The SMILES string of the molecule is Cc1nn(C)c(C)c1C=CC(=O)c1cccc(O)c1. The fourth-order valence-electron chi connectivity index (χ4n) is 1.95. The third-order valence-corrected chi connectivity index (χ3v) is 3.10. The number of phenols is 1. The Labute approximate surface area is 112 Å². The number of carbonyl (C=O) groups excluding carboxylic acids is 1.